The molecule has 15 heavy (non-hydrogen) atoms. The van der Waals surface area contributed by atoms with Gasteiger partial charge in [0.05, 0.1) is 0 Å². The summed E-state index contributed by atoms with van der Waals surface area (Å²) in [6, 6.07) is -0.510. The summed E-state index contributed by atoms with van der Waals surface area (Å²) in [7, 11) is 1.64. The third-order valence-corrected chi connectivity index (χ3v) is 2.26. The number of nitrogens with zero attached hydrogens (tertiary/aromatic N) is 1. The highest BCUT2D eigenvalue weighted by atomic mass is 16.4. The summed E-state index contributed by atoms with van der Waals surface area (Å²) >= 11 is 0. The minimum absolute atomic E-state index is 0.0571. The molecule has 0 aromatic rings. The summed E-state index contributed by atoms with van der Waals surface area (Å²) in [5.74, 6) is -0.695. The number of likely N-dealkylation sites (N-methyl/N-ethyl adjacent to an activating group) is 1. The van der Waals surface area contributed by atoms with Crippen molar-refractivity contribution in [2.45, 2.75) is 25.8 Å². The minimum atomic E-state index is -0.827. The maximum Gasteiger partial charge on any atom is 0.320 e. The van der Waals surface area contributed by atoms with Crippen LogP contribution >= 0.6 is 0 Å². The molecule has 0 aliphatic heterocycles. The lowest BCUT2D eigenvalue weighted by atomic mass is 9.97. The Hall–Kier alpha value is -1.30. The summed E-state index contributed by atoms with van der Waals surface area (Å²) < 4.78 is 0. The van der Waals surface area contributed by atoms with E-state index in [4.69, 9.17) is 16.6 Å². The molecule has 2 unspecified atom stereocenters. The number of carboxylic acids is 1. The highest BCUT2D eigenvalue weighted by Crippen LogP contribution is 2.10. The molecule has 6 heteroatoms. The van der Waals surface area contributed by atoms with Crippen LogP contribution in [0.15, 0.2) is 4.99 Å². The molecule has 0 rings (SSSR count). The second kappa shape index (κ2) is 7.05. The summed E-state index contributed by atoms with van der Waals surface area (Å²) in [5.41, 5.74) is 10.3. The number of aliphatic carboxylic acids is 1. The van der Waals surface area contributed by atoms with E-state index in [1.165, 1.54) is 0 Å². The number of carbonyl (C=O) groups is 1. The average molecular weight is 216 g/mol. The smallest absolute Gasteiger partial charge is 0.320 e. The fraction of sp³-hybridized carbons (Fsp3) is 0.778. The quantitative estimate of drug-likeness (QED) is 0.256. The van der Waals surface area contributed by atoms with Gasteiger partial charge in [-0.25, -0.2) is 0 Å². The monoisotopic (exact) mass is 216 g/mol. The van der Waals surface area contributed by atoms with E-state index in [2.05, 4.69) is 10.3 Å². The number of aliphatic imine (C=N–C) groups is 1. The van der Waals surface area contributed by atoms with Gasteiger partial charge < -0.3 is 21.9 Å². The van der Waals surface area contributed by atoms with Crippen LogP contribution < -0.4 is 16.8 Å². The first-order chi connectivity index (χ1) is 6.99. The van der Waals surface area contributed by atoms with Gasteiger partial charge in [0.25, 0.3) is 0 Å². The van der Waals surface area contributed by atoms with Crippen molar-refractivity contribution in [2.24, 2.45) is 22.4 Å². The van der Waals surface area contributed by atoms with Crippen LogP contribution in [-0.2, 0) is 4.79 Å². The summed E-state index contributed by atoms with van der Waals surface area (Å²) in [6.45, 7) is 2.44. The number of nitrogens with two attached hydrogens (primary N) is 2. The molecule has 0 aromatic heterocycles. The molecule has 6 nitrogen and oxygen atoms in total. The molecule has 6 N–H and O–H groups in total. The minimum Gasteiger partial charge on any atom is -0.480 e. The lowest BCUT2D eigenvalue weighted by Gasteiger charge is -2.18. The van der Waals surface area contributed by atoms with Crippen molar-refractivity contribution in [3.8, 4) is 0 Å². The molecule has 0 amide bonds. The van der Waals surface area contributed by atoms with E-state index in [0.29, 0.717) is 6.54 Å². The molecule has 0 aromatic carbocycles. The lowest BCUT2D eigenvalue weighted by molar-refractivity contribution is -0.140. The molecular weight excluding hydrogens is 196 g/mol. The molecule has 0 bridgehead atoms. The van der Waals surface area contributed by atoms with Crippen LogP contribution in [-0.4, -0.2) is 36.7 Å². The van der Waals surface area contributed by atoms with Gasteiger partial charge in [-0.15, -0.1) is 0 Å². The van der Waals surface area contributed by atoms with Crippen LogP contribution in [0.5, 0.6) is 0 Å². The van der Waals surface area contributed by atoms with E-state index in [1.54, 1.807) is 7.05 Å². The van der Waals surface area contributed by atoms with Crippen molar-refractivity contribution < 1.29 is 9.90 Å². The molecule has 0 fully saturated rings. The Labute approximate surface area is 89.7 Å². The highest BCUT2D eigenvalue weighted by Gasteiger charge is 2.21. The molecule has 0 radical (unpaired) electrons. The molecular formula is C9H20N4O2. The van der Waals surface area contributed by atoms with E-state index in [9.17, 15) is 4.79 Å². The van der Waals surface area contributed by atoms with Crippen LogP contribution in [0.1, 0.15) is 19.8 Å². The van der Waals surface area contributed by atoms with Crippen molar-refractivity contribution in [2.75, 3.05) is 13.6 Å². The fourth-order valence-electron chi connectivity index (χ4n) is 1.44. The van der Waals surface area contributed by atoms with Gasteiger partial charge in [0.1, 0.15) is 6.04 Å². The molecule has 0 spiro atoms. The third-order valence-electron chi connectivity index (χ3n) is 2.26. The van der Waals surface area contributed by atoms with Crippen molar-refractivity contribution in [3.63, 3.8) is 0 Å². The maximum absolute atomic E-state index is 10.8. The zero-order valence-electron chi connectivity index (χ0n) is 9.23. The largest absolute Gasteiger partial charge is 0.480 e. The number of carboxylic acid groups (broad SMARTS) is 1. The van der Waals surface area contributed by atoms with Crippen LogP contribution in [0, 0.1) is 5.92 Å². The standard InChI is InChI=1S/C9H20N4O2/c1-6(7(12-2)8(14)15)4-3-5-13-9(10)11/h6-7,12H,3-5H2,1-2H3,(H,14,15)(H4,10,11,13). The summed E-state index contributed by atoms with van der Waals surface area (Å²) in [4.78, 5) is 14.6. The van der Waals surface area contributed by atoms with Crippen LogP contribution in [0.4, 0.5) is 0 Å². The Morgan fingerprint density at radius 2 is 2.13 bits per heavy atom. The van der Waals surface area contributed by atoms with Gasteiger partial charge in [0.2, 0.25) is 0 Å². The number of rotatable bonds is 7. The predicted octanol–water partition coefficient (Wildman–Crippen LogP) is -0.651. The molecule has 0 aliphatic carbocycles. The van der Waals surface area contributed by atoms with Crippen molar-refractivity contribution in [1.82, 2.24) is 5.32 Å². The van der Waals surface area contributed by atoms with E-state index >= 15 is 0 Å². The topological polar surface area (TPSA) is 114 Å². The van der Waals surface area contributed by atoms with Gasteiger partial charge in [0, 0.05) is 6.54 Å². The van der Waals surface area contributed by atoms with Crippen LogP contribution in [0.3, 0.4) is 0 Å². The van der Waals surface area contributed by atoms with Crippen molar-refractivity contribution in [3.05, 3.63) is 0 Å². The number of hydrogen-bond donors (Lipinski definition) is 4. The van der Waals surface area contributed by atoms with Gasteiger partial charge in [-0.1, -0.05) is 6.92 Å². The van der Waals surface area contributed by atoms with Crippen molar-refractivity contribution >= 4 is 11.9 Å². The highest BCUT2D eigenvalue weighted by molar-refractivity contribution is 5.75. The Balaban J connectivity index is 3.86. The molecule has 0 aliphatic rings. The van der Waals surface area contributed by atoms with Crippen molar-refractivity contribution in [1.29, 1.82) is 0 Å². The SMILES string of the molecule is CNC(C(=O)O)C(C)CCCN=C(N)N. The fourth-order valence-corrected chi connectivity index (χ4v) is 1.44. The van der Waals surface area contributed by atoms with Gasteiger partial charge in [-0.2, -0.15) is 0 Å². The first kappa shape index (κ1) is 13.7. The van der Waals surface area contributed by atoms with Gasteiger partial charge in [-0.3, -0.25) is 9.79 Å². The molecule has 2 atom stereocenters. The normalized spacial score (nSPS) is 14.3. The lowest BCUT2D eigenvalue weighted by Crippen LogP contribution is -2.39. The number of hydrogen-bond acceptors (Lipinski definition) is 3. The first-order valence-electron chi connectivity index (χ1n) is 4.94. The van der Waals surface area contributed by atoms with Crippen LogP contribution in [0.2, 0.25) is 0 Å². The molecule has 0 heterocycles. The zero-order valence-corrected chi connectivity index (χ0v) is 9.23. The molecule has 88 valence electrons. The summed E-state index contributed by atoms with van der Waals surface area (Å²) in [6.07, 6.45) is 1.55. The predicted molar refractivity (Wildman–Crippen MR) is 59.6 cm³/mol. The second-order valence-electron chi connectivity index (χ2n) is 3.53. The van der Waals surface area contributed by atoms with Gasteiger partial charge in [0.15, 0.2) is 5.96 Å². The van der Waals surface area contributed by atoms with Gasteiger partial charge in [-0.05, 0) is 25.8 Å². The average Bonchev–Trinajstić information content (AvgIpc) is 2.12. The maximum atomic E-state index is 10.8. The number of guanidine groups is 1. The number of nitrogens with one attached hydrogen (secondary N) is 1. The Morgan fingerprint density at radius 3 is 2.53 bits per heavy atom. The Bertz CT molecular complexity index is 226. The van der Waals surface area contributed by atoms with E-state index in [1.807, 2.05) is 6.92 Å². The molecule has 0 saturated carbocycles. The third kappa shape index (κ3) is 5.90. The van der Waals surface area contributed by atoms with Gasteiger partial charge >= 0.3 is 5.97 Å². The van der Waals surface area contributed by atoms with E-state index in [-0.39, 0.29) is 11.9 Å². The molecule has 0 saturated heterocycles. The Morgan fingerprint density at radius 1 is 1.53 bits per heavy atom. The van der Waals surface area contributed by atoms with E-state index in [0.717, 1.165) is 12.8 Å². The van der Waals surface area contributed by atoms with E-state index < -0.39 is 12.0 Å². The zero-order chi connectivity index (χ0) is 11.8. The first-order valence-corrected chi connectivity index (χ1v) is 4.94. The Kier molecular flexibility index (Phi) is 6.44. The second-order valence-corrected chi connectivity index (χ2v) is 3.53. The van der Waals surface area contributed by atoms with Crippen LogP contribution in [0.25, 0.3) is 0 Å². The summed E-state index contributed by atoms with van der Waals surface area (Å²) in [5, 5.41) is 11.6.